The van der Waals surface area contributed by atoms with Crippen LogP contribution in [0.25, 0.3) is 93.2 Å². The number of hydrogen-bond donors (Lipinski definition) is 0. The van der Waals surface area contributed by atoms with E-state index >= 15 is 0 Å². The molecular formula is C78H78N2. The topological polar surface area (TPSA) is 8.17 Å². The largest absolute Gasteiger partial charge is 0.309 e. The highest BCUT2D eigenvalue weighted by molar-refractivity contribution is 6.27. The van der Waals surface area contributed by atoms with Gasteiger partial charge < -0.3 is 9.47 Å². The summed E-state index contributed by atoms with van der Waals surface area (Å²) >= 11 is 0. The zero-order valence-electron chi connectivity index (χ0n) is 49.9. The molecule has 0 aliphatic rings. The Morgan fingerprint density at radius 1 is 0.287 bits per heavy atom. The standard InChI is InChI=1S/C78H78N2/c1-74(2,3)56-31-40-69-65(46-56)66-47-57(75(4,5)6)32-41-70(66)80(69)68-39-29-52-26-35-63-67(38-28-51-27-36-64(68)73(52)72(51)63)79(71-48-58(76(7,8)9)30-37-62(71)50-20-17-16-18-21-50)61-33-24-49(25-34-61)53-22-19-23-54(42-53)55-43-59(77(10,11)12)45-60(44-55)78(13,14)15/h16-48H,1-15H3. The Balaban J connectivity index is 1.07. The molecule has 0 N–H and O–H groups in total. The molecule has 0 radical (unpaired) electrons. The third kappa shape index (κ3) is 9.35. The van der Waals surface area contributed by atoms with Gasteiger partial charge in [-0.15, -0.1) is 0 Å². The van der Waals surface area contributed by atoms with Gasteiger partial charge in [-0.25, -0.2) is 0 Å². The highest BCUT2D eigenvalue weighted by Gasteiger charge is 2.27. The Labute approximate surface area is 476 Å². The van der Waals surface area contributed by atoms with Crippen molar-refractivity contribution in [3.8, 4) is 39.1 Å². The molecule has 2 heteroatoms. The van der Waals surface area contributed by atoms with Crippen molar-refractivity contribution in [2.75, 3.05) is 4.90 Å². The molecule has 0 amide bonds. The van der Waals surface area contributed by atoms with Crippen molar-refractivity contribution < 1.29 is 0 Å². The third-order valence-corrected chi connectivity index (χ3v) is 17.1. The second-order valence-electron chi connectivity index (χ2n) is 28.0. The van der Waals surface area contributed by atoms with E-state index in [1.807, 2.05) is 0 Å². The van der Waals surface area contributed by atoms with Crippen molar-refractivity contribution in [2.45, 2.75) is 131 Å². The van der Waals surface area contributed by atoms with Gasteiger partial charge in [-0.3, -0.25) is 0 Å². The molecule has 0 atom stereocenters. The van der Waals surface area contributed by atoms with E-state index in [1.54, 1.807) is 0 Å². The van der Waals surface area contributed by atoms with Crippen LogP contribution >= 0.6 is 0 Å². The lowest BCUT2D eigenvalue weighted by molar-refractivity contribution is 0.569. The summed E-state index contributed by atoms with van der Waals surface area (Å²) in [5, 5.41) is 10.1. The fourth-order valence-corrected chi connectivity index (χ4v) is 12.2. The molecule has 1 aromatic heterocycles. The van der Waals surface area contributed by atoms with E-state index in [9.17, 15) is 0 Å². The number of rotatable bonds is 7. The van der Waals surface area contributed by atoms with E-state index in [0.29, 0.717) is 0 Å². The van der Waals surface area contributed by atoms with Crippen LogP contribution in [0.4, 0.5) is 17.1 Å². The van der Waals surface area contributed by atoms with Crippen molar-refractivity contribution in [2.24, 2.45) is 0 Å². The second kappa shape index (κ2) is 18.8. The molecule has 2 nitrogen and oxygen atoms in total. The fourth-order valence-electron chi connectivity index (χ4n) is 12.2. The van der Waals surface area contributed by atoms with Crippen molar-refractivity contribution >= 4 is 71.2 Å². The lowest BCUT2D eigenvalue weighted by Gasteiger charge is -2.31. The number of benzene rings is 11. The minimum Gasteiger partial charge on any atom is -0.309 e. The molecule has 0 bridgehead atoms. The minimum atomic E-state index is -0.0843. The molecule has 12 aromatic rings. The summed E-state index contributed by atoms with van der Waals surface area (Å²) < 4.78 is 2.54. The summed E-state index contributed by atoms with van der Waals surface area (Å²) in [6.07, 6.45) is 0. The summed E-state index contributed by atoms with van der Waals surface area (Å²) in [6.45, 7) is 34.8. The zero-order valence-corrected chi connectivity index (χ0v) is 49.9. The van der Waals surface area contributed by atoms with Crippen LogP contribution in [0.1, 0.15) is 132 Å². The number of nitrogens with zero attached hydrogens (tertiary/aromatic N) is 2. The lowest BCUT2D eigenvalue weighted by Crippen LogP contribution is -2.16. The fraction of sp³-hybridized carbons (Fsp3) is 0.256. The SMILES string of the molecule is CC(C)(C)c1cc(-c2cccc(-c3ccc(N(c4cc(C(C)(C)C)ccc4-c4ccccc4)c4ccc5ccc6c(-n7c8ccc(C(C)(C)C)cc8c8cc(C(C)(C)C)ccc87)ccc7ccc4c5c76)cc3)c2)cc(C(C)(C)C)c1. The third-order valence-electron chi connectivity index (χ3n) is 17.1. The average molecular weight is 1040 g/mol. The van der Waals surface area contributed by atoms with Gasteiger partial charge in [-0.05, 0) is 165 Å². The van der Waals surface area contributed by atoms with Gasteiger partial charge in [0.1, 0.15) is 0 Å². The molecule has 11 aromatic carbocycles. The molecule has 0 saturated heterocycles. The molecule has 0 aliphatic heterocycles. The highest BCUT2D eigenvalue weighted by Crippen LogP contribution is 2.49. The lowest BCUT2D eigenvalue weighted by atomic mass is 9.79. The Bertz CT molecular complexity index is 4230. The zero-order chi connectivity index (χ0) is 56.4. The van der Waals surface area contributed by atoms with E-state index in [0.717, 1.165) is 17.1 Å². The van der Waals surface area contributed by atoms with Crippen LogP contribution in [0.5, 0.6) is 0 Å². The smallest absolute Gasteiger partial charge is 0.0543 e. The van der Waals surface area contributed by atoms with Gasteiger partial charge in [-0.2, -0.15) is 0 Å². The van der Waals surface area contributed by atoms with Crippen LogP contribution in [0, 0.1) is 0 Å². The summed E-state index contributed by atoms with van der Waals surface area (Å²) in [5.74, 6) is 0. The molecular weight excluding hydrogens is 965 g/mol. The Morgan fingerprint density at radius 3 is 1.32 bits per heavy atom. The quantitative estimate of drug-likeness (QED) is 0.144. The molecule has 0 spiro atoms. The first kappa shape index (κ1) is 52.7. The predicted molar refractivity (Wildman–Crippen MR) is 349 cm³/mol. The average Bonchev–Trinajstić information content (AvgIpc) is 2.62. The molecule has 12 rings (SSSR count). The van der Waals surface area contributed by atoms with E-state index in [4.69, 9.17) is 0 Å². The molecule has 400 valence electrons. The van der Waals surface area contributed by atoms with Gasteiger partial charge in [-0.1, -0.05) is 243 Å². The van der Waals surface area contributed by atoms with Gasteiger partial charge in [0.05, 0.1) is 28.1 Å². The van der Waals surface area contributed by atoms with Crippen LogP contribution in [0.2, 0.25) is 0 Å². The first-order valence-corrected chi connectivity index (χ1v) is 29.0. The molecule has 0 unspecified atom stereocenters. The first-order chi connectivity index (χ1) is 37.8. The normalized spacial score (nSPS) is 12.9. The van der Waals surface area contributed by atoms with Gasteiger partial charge in [0.2, 0.25) is 0 Å². The summed E-state index contributed by atoms with van der Waals surface area (Å²) in [4.78, 5) is 2.54. The van der Waals surface area contributed by atoms with Gasteiger partial charge in [0.15, 0.2) is 0 Å². The highest BCUT2D eigenvalue weighted by atomic mass is 15.1. The Morgan fingerprint density at radius 2 is 0.762 bits per heavy atom. The van der Waals surface area contributed by atoms with Crippen molar-refractivity contribution in [1.29, 1.82) is 0 Å². The monoisotopic (exact) mass is 1040 g/mol. The maximum absolute atomic E-state index is 2.54. The van der Waals surface area contributed by atoms with Crippen LogP contribution in [-0.4, -0.2) is 4.57 Å². The minimum absolute atomic E-state index is 0.0172. The van der Waals surface area contributed by atoms with E-state index in [2.05, 4.69) is 314 Å². The van der Waals surface area contributed by atoms with Crippen LogP contribution < -0.4 is 4.90 Å². The molecule has 0 fully saturated rings. The molecule has 1 heterocycles. The van der Waals surface area contributed by atoms with E-state index < -0.39 is 0 Å². The van der Waals surface area contributed by atoms with Crippen LogP contribution in [0.3, 0.4) is 0 Å². The first-order valence-electron chi connectivity index (χ1n) is 29.0. The van der Waals surface area contributed by atoms with Crippen LogP contribution in [0.15, 0.2) is 200 Å². The maximum Gasteiger partial charge on any atom is 0.0543 e. The number of fused-ring (bicyclic) bond motifs is 3. The number of hydrogen-bond acceptors (Lipinski definition) is 1. The molecule has 0 aliphatic carbocycles. The molecule has 80 heavy (non-hydrogen) atoms. The number of aromatic nitrogens is 1. The summed E-state index contributed by atoms with van der Waals surface area (Å²) in [6, 6.07) is 77.0. The van der Waals surface area contributed by atoms with Crippen molar-refractivity contribution in [3.05, 3.63) is 228 Å². The number of anilines is 3. The predicted octanol–water partition coefficient (Wildman–Crippen LogP) is 22.6. The van der Waals surface area contributed by atoms with Gasteiger partial charge in [0, 0.05) is 32.8 Å². The molecule has 0 saturated carbocycles. The Kier molecular flexibility index (Phi) is 12.4. The van der Waals surface area contributed by atoms with E-state index in [-0.39, 0.29) is 27.1 Å². The van der Waals surface area contributed by atoms with E-state index in [1.165, 1.54) is 121 Å². The van der Waals surface area contributed by atoms with Crippen molar-refractivity contribution in [1.82, 2.24) is 4.57 Å². The summed E-state index contributed by atoms with van der Waals surface area (Å²) in [7, 11) is 0. The van der Waals surface area contributed by atoms with Crippen molar-refractivity contribution in [3.63, 3.8) is 0 Å². The summed E-state index contributed by atoms with van der Waals surface area (Å²) in [5.41, 5.74) is 21.0. The van der Waals surface area contributed by atoms with Gasteiger partial charge in [0.25, 0.3) is 0 Å². The van der Waals surface area contributed by atoms with Gasteiger partial charge >= 0.3 is 0 Å². The maximum atomic E-state index is 2.54. The second-order valence-corrected chi connectivity index (χ2v) is 28.0. The Hall–Kier alpha value is -7.94. The van der Waals surface area contributed by atoms with Crippen LogP contribution in [-0.2, 0) is 27.1 Å².